The maximum absolute atomic E-state index is 12.3. The predicted octanol–water partition coefficient (Wildman–Crippen LogP) is 3.70. The number of hydrogen-bond acceptors (Lipinski definition) is 3. The van der Waals surface area contributed by atoms with Crippen LogP contribution in [0.4, 0.5) is 0 Å². The van der Waals surface area contributed by atoms with Gasteiger partial charge in [0.1, 0.15) is 0 Å². The molecule has 0 radical (unpaired) electrons. The van der Waals surface area contributed by atoms with Crippen LogP contribution in [0, 0.1) is 5.92 Å². The zero-order valence-electron chi connectivity index (χ0n) is 13.1. The van der Waals surface area contributed by atoms with E-state index in [0.717, 1.165) is 40.2 Å². The molecule has 1 fully saturated rings. The van der Waals surface area contributed by atoms with Gasteiger partial charge in [0.25, 0.3) is 0 Å². The lowest BCUT2D eigenvalue weighted by Gasteiger charge is -2.30. The summed E-state index contributed by atoms with van der Waals surface area (Å²) in [6.45, 7) is 4.12. The molecule has 2 atom stereocenters. The first kappa shape index (κ1) is 16.6. The summed E-state index contributed by atoms with van der Waals surface area (Å²) in [5.41, 5.74) is 0. The maximum Gasteiger partial charge on any atom is 0.230 e. The molecule has 23 heavy (non-hydrogen) atoms. The molecule has 0 saturated carbocycles. The molecule has 1 saturated heterocycles. The summed E-state index contributed by atoms with van der Waals surface area (Å²) < 4.78 is 0. The van der Waals surface area contributed by atoms with Crippen LogP contribution in [0.15, 0.2) is 41.3 Å². The molecule has 1 amide bonds. The van der Waals surface area contributed by atoms with Gasteiger partial charge in [0, 0.05) is 21.3 Å². The van der Waals surface area contributed by atoms with E-state index >= 15 is 0 Å². The van der Waals surface area contributed by atoms with Gasteiger partial charge in [-0.1, -0.05) is 42.8 Å². The van der Waals surface area contributed by atoms with Gasteiger partial charge in [-0.2, -0.15) is 0 Å². The van der Waals surface area contributed by atoms with Gasteiger partial charge in [-0.05, 0) is 42.9 Å². The Labute approximate surface area is 146 Å². The monoisotopic (exact) mass is 348 g/mol. The van der Waals surface area contributed by atoms with Gasteiger partial charge in [-0.25, -0.2) is 0 Å². The summed E-state index contributed by atoms with van der Waals surface area (Å²) >= 11 is 7.88. The molecule has 3 rings (SSSR count). The Balaban J connectivity index is 1.65. The Hall–Kier alpha value is -1.23. The summed E-state index contributed by atoms with van der Waals surface area (Å²) in [5, 5.41) is 9.39. The number of fused-ring (bicyclic) bond motifs is 1. The average Bonchev–Trinajstić information content (AvgIpc) is 2.55. The molecule has 122 valence electrons. The molecule has 0 spiro atoms. The Morgan fingerprint density at radius 3 is 2.91 bits per heavy atom. The van der Waals surface area contributed by atoms with Crippen LogP contribution in [0.2, 0.25) is 5.02 Å². The summed E-state index contributed by atoms with van der Waals surface area (Å²) in [6.07, 6.45) is 0.998. The molecule has 2 unspecified atom stereocenters. The first-order valence-corrected chi connectivity index (χ1v) is 9.31. The van der Waals surface area contributed by atoms with E-state index in [0.29, 0.717) is 11.7 Å². The number of rotatable bonds is 4. The average molecular weight is 349 g/mol. The highest BCUT2D eigenvalue weighted by molar-refractivity contribution is 8.00. The van der Waals surface area contributed by atoms with Gasteiger partial charge < -0.3 is 10.6 Å². The molecule has 2 aromatic carbocycles. The van der Waals surface area contributed by atoms with Gasteiger partial charge in [0.05, 0.1) is 5.75 Å². The number of nitrogens with one attached hydrogen (secondary N) is 2. The van der Waals surface area contributed by atoms with Gasteiger partial charge in [0.2, 0.25) is 5.91 Å². The number of amides is 1. The molecular weight excluding hydrogens is 328 g/mol. The Morgan fingerprint density at radius 2 is 2.13 bits per heavy atom. The zero-order valence-corrected chi connectivity index (χ0v) is 14.7. The fourth-order valence-electron chi connectivity index (χ4n) is 3.00. The number of carbonyl (C=O) groups is 1. The van der Waals surface area contributed by atoms with Crippen LogP contribution in [-0.2, 0) is 4.79 Å². The Morgan fingerprint density at radius 1 is 1.35 bits per heavy atom. The summed E-state index contributed by atoms with van der Waals surface area (Å²) in [5.74, 6) is 0.989. The fraction of sp³-hybridized carbons (Fsp3) is 0.389. The molecule has 2 aromatic rings. The van der Waals surface area contributed by atoms with E-state index in [1.807, 2.05) is 36.4 Å². The minimum Gasteiger partial charge on any atom is -0.352 e. The third kappa shape index (κ3) is 4.00. The molecule has 3 nitrogen and oxygen atoms in total. The molecular formula is C18H21ClN2OS. The van der Waals surface area contributed by atoms with Crippen molar-refractivity contribution >= 4 is 40.0 Å². The molecule has 1 aliphatic heterocycles. The van der Waals surface area contributed by atoms with E-state index in [4.69, 9.17) is 11.6 Å². The summed E-state index contributed by atoms with van der Waals surface area (Å²) in [6, 6.07) is 12.2. The first-order valence-electron chi connectivity index (χ1n) is 7.95. The summed E-state index contributed by atoms with van der Waals surface area (Å²) in [4.78, 5) is 13.3. The van der Waals surface area contributed by atoms with Gasteiger partial charge in [-0.3, -0.25) is 4.79 Å². The number of benzene rings is 2. The normalized spacial score (nSPS) is 21.3. The molecule has 0 bridgehead atoms. The van der Waals surface area contributed by atoms with Gasteiger partial charge in [-0.15, -0.1) is 11.8 Å². The number of carbonyl (C=O) groups excluding carboxylic acids is 1. The fourth-order valence-corrected chi connectivity index (χ4v) is 4.26. The van der Waals surface area contributed by atoms with Crippen molar-refractivity contribution in [2.45, 2.75) is 24.3 Å². The van der Waals surface area contributed by atoms with Crippen LogP contribution in [0.25, 0.3) is 10.8 Å². The topological polar surface area (TPSA) is 41.1 Å². The number of halogens is 1. The van der Waals surface area contributed by atoms with Gasteiger partial charge in [0.15, 0.2) is 0 Å². The second-order valence-electron chi connectivity index (χ2n) is 6.03. The van der Waals surface area contributed by atoms with E-state index in [9.17, 15) is 4.79 Å². The summed E-state index contributed by atoms with van der Waals surface area (Å²) in [7, 11) is 0. The largest absolute Gasteiger partial charge is 0.352 e. The lowest BCUT2D eigenvalue weighted by molar-refractivity contribution is -0.119. The lowest BCUT2D eigenvalue weighted by Crippen LogP contribution is -2.48. The second-order valence-corrected chi connectivity index (χ2v) is 7.45. The van der Waals surface area contributed by atoms with Crippen LogP contribution < -0.4 is 10.6 Å². The third-order valence-corrected chi connectivity index (χ3v) is 5.68. The van der Waals surface area contributed by atoms with Crippen LogP contribution in [-0.4, -0.2) is 30.8 Å². The number of thioether (sulfide) groups is 1. The standard InChI is InChI=1S/C18H21ClN2OS/c1-12-10-20-9-8-15(12)21-17(22)11-23-16-7-3-5-13-4-2-6-14(19)18(13)16/h2-7,12,15,20H,8-11H2,1H3,(H,21,22). The van der Waals surface area contributed by atoms with Crippen molar-refractivity contribution in [3.05, 3.63) is 41.4 Å². The van der Waals surface area contributed by atoms with E-state index in [1.54, 1.807) is 11.8 Å². The van der Waals surface area contributed by atoms with Crippen LogP contribution in [0.3, 0.4) is 0 Å². The minimum absolute atomic E-state index is 0.0952. The highest BCUT2D eigenvalue weighted by Crippen LogP contribution is 2.33. The van der Waals surface area contributed by atoms with Crippen molar-refractivity contribution in [2.75, 3.05) is 18.8 Å². The van der Waals surface area contributed by atoms with Crippen molar-refractivity contribution in [3.8, 4) is 0 Å². The SMILES string of the molecule is CC1CNCCC1NC(=O)CSc1cccc2cccc(Cl)c12. The Kier molecular flexibility index (Phi) is 5.46. The molecule has 1 aliphatic rings. The van der Waals surface area contributed by atoms with Crippen molar-refractivity contribution in [1.29, 1.82) is 0 Å². The third-order valence-electron chi connectivity index (χ3n) is 4.31. The van der Waals surface area contributed by atoms with Crippen LogP contribution in [0.1, 0.15) is 13.3 Å². The van der Waals surface area contributed by atoms with Crippen LogP contribution in [0.5, 0.6) is 0 Å². The molecule has 5 heteroatoms. The molecule has 0 aromatic heterocycles. The highest BCUT2D eigenvalue weighted by atomic mass is 35.5. The van der Waals surface area contributed by atoms with E-state index < -0.39 is 0 Å². The Bertz CT molecular complexity index is 701. The smallest absolute Gasteiger partial charge is 0.230 e. The quantitative estimate of drug-likeness (QED) is 0.828. The predicted molar refractivity (Wildman–Crippen MR) is 98.3 cm³/mol. The van der Waals surface area contributed by atoms with E-state index in [-0.39, 0.29) is 11.9 Å². The number of piperidine rings is 1. The van der Waals surface area contributed by atoms with Crippen molar-refractivity contribution in [2.24, 2.45) is 5.92 Å². The minimum atomic E-state index is 0.0952. The molecule has 2 N–H and O–H groups in total. The molecule has 0 aliphatic carbocycles. The highest BCUT2D eigenvalue weighted by Gasteiger charge is 2.22. The van der Waals surface area contributed by atoms with Gasteiger partial charge >= 0.3 is 0 Å². The first-order chi connectivity index (χ1) is 11.1. The van der Waals surface area contributed by atoms with E-state index in [2.05, 4.69) is 17.6 Å². The maximum atomic E-state index is 12.3. The van der Waals surface area contributed by atoms with Crippen molar-refractivity contribution in [3.63, 3.8) is 0 Å². The number of hydrogen-bond donors (Lipinski definition) is 2. The van der Waals surface area contributed by atoms with Crippen LogP contribution >= 0.6 is 23.4 Å². The lowest BCUT2D eigenvalue weighted by atomic mass is 9.95. The van der Waals surface area contributed by atoms with E-state index in [1.165, 1.54) is 0 Å². The second kappa shape index (κ2) is 7.56. The zero-order chi connectivity index (χ0) is 16.2. The molecule has 1 heterocycles. The van der Waals surface area contributed by atoms with Crippen molar-refractivity contribution < 1.29 is 4.79 Å². The van der Waals surface area contributed by atoms with Crippen molar-refractivity contribution in [1.82, 2.24) is 10.6 Å².